The highest BCUT2D eigenvalue weighted by Gasteiger charge is 2.30. The predicted molar refractivity (Wildman–Crippen MR) is 78.5 cm³/mol. The van der Waals surface area contributed by atoms with Gasteiger partial charge in [0.25, 0.3) is 0 Å². The van der Waals surface area contributed by atoms with Crippen molar-refractivity contribution >= 4 is 27.2 Å². The van der Waals surface area contributed by atoms with E-state index in [1.54, 1.807) is 11.3 Å². The molecule has 96 valence electrons. The van der Waals surface area contributed by atoms with Gasteiger partial charge in [-0.2, -0.15) is 0 Å². The highest BCUT2D eigenvalue weighted by Crippen LogP contribution is 2.28. The maximum atomic E-state index is 4.34. The first-order valence-corrected chi connectivity index (χ1v) is 7.28. The van der Waals surface area contributed by atoms with Crippen LogP contribution in [-0.2, 0) is 0 Å². The number of fused-ring (bicyclic) bond motifs is 1. The number of rotatable bonds is 1. The third-order valence-corrected chi connectivity index (χ3v) is 4.41. The van der Waals surface area contributed by atoms with E-state index in [4.69, 9.17) is 0 Å². The van der Waals surface area contributed by atoms with Crippen LogP contribution >= 0.6 is 11.3 Å². The Morgan fingerprint density at radius 1 is 1.44 bits per heavy atom. The van der Waals surface area contributed by atoms with E-state index in [1.807, 2.05) is 5.51 Å². The summed E-state index contributed by atoms with van der Waals surface area (Å²) in [5, 5.41) is 3.59. The van der Waals surface area contributed by atoms with Crippen molar-refractivity contribution in [2.45, 2.75) is 32.4 Å². The highest BCUT2D eigenvalue weighted by atomic mass is 32.1. The number of nitrogens with zero attached hydrogens (tertiary/aromatic N) is 2. The van der Waals surface area contributed by atoms with Gasteiger partial charge in [0, 0.05) is 30.4 Å². The van der Waals surface area contributed by atoms with Crippen molar-refractivity contribution in [2.24, 2.45) is 0 Å². The van der Waals surface area contributed by atoms with E-state index in [0.717, 1.165) is 18.6 Å². The third kappa shape index (κ3) is 2.10. The van der Waals surface area contributed by atoms with Gasteiger partial charge in [0.15, 0.2) is 0 Å². The maximum Gasteiger partial charge on any atom is 0.0813 e. The predicted octanol–water partition coefficient (Wildman–Crippen LogP) is 2.87. The Labute approximate surface area is 112 Å². The van der Waals surface area contributed by atoms with Gasteiger partial charge >= 0.3 is 0 Å². The van der Waals surface area contributed by atoms with Gasteiger partial charge in [0.2, 0.25) is 0 Å². The topological polar surface area (TPSA) is 28.2 Å². The minimum absolute atomic E-state index is 0.176. The van der Waals surface area contributed by atoms with Crippen LogP contribution in [0.4, 0.5) is 5.69 Å². The summed E-state index contributed by atoms with van der Waals surface area (Å²) < 4.78 is 1.27. The van der Waals surface area contributed by atoms with Crippen molar-refractivity contribution in [1.82, 2.24) is 10.3 Å². The Kier molecular flexibility index (Phi) is 2.79. The highest BCUT2D eigenvalue weighted by molar-refractivity contribution is 7.16. The molecule has 1 atom stereocenters. The first kappa shape index (κ1) is 11.9. The second-order valence-electron chi connectivity index (χ2n) is 5.75. The molecule has 0 amide bonds. The summed E-state index contributed by atoms with van der Waals surface area (Å²) in [6.07, 6.45) is 0. The lowest BCUT2D eigenvalue weighted by molar-refractivity contribution is 0.318. The summed E-state index contributed by atoms with van der Waals surface area (Å²) >= 11 is 1.71. The molecule has 0 aliphatic carbocycles. The molecule has 1 N–H and O–H groups in total. The van der Waals surface area contributed by atoms with E-state index in [-0.39, 0.29) is 5.54 Å². The lowest BCUT2D eigenvalue weighted by Gasteiger charge is -2.44. The summed E-state index contributed by atoms with van der Waals surface area (Å²) in [7, 11) is 0. The zero-order valence-corrected chi connectivity index (χ0v) is 11.9. The fourth-order valence-electron chi connectivity index (χ4n) is 2.54. The largest absolute Gasteiger partial charge is 0.366 e. The zero-order chi connectivity index (χ0) is 12.8. The van der Waals surface area contributed by atoms with Crippen molar-refractivity contribution in [2.75, 3.05) is 18.0 Å². The Bertz CT molecular complexity index is 561. The SMILES string of the molecule is CC1CNC(C)(C)CN1c1ccc2ncsc2c1. The Balaban J connectivity index is 1.96. The summed E-state index contributed by atoms with van der Waals surface area (Å²) in [5.41, 5.74) is 4.51. The molecular formula is C14H19N3S. The fraction of sp³-hybridized carbons (Fsp3) is 0.500. The number of thiazole rings is 1. The average molecular weight is 261 g/mol. The maximum absolute atomic E-state index is 4.34. The molecule has 4 heteroatoms. The Morgan fingerprint density at radius 3 is 3.11 bits per heavy atom. The van der Waals surface area contributed by atoms with Crippen molar-refractivity contribution in [3.8, 4) is 0 Å². The molecule has 1 aliphatic heterocycles. The van der Waals surface area contributed by atoms with Gasteiger partial charge in [-0.25, -0.2) is 4.98 Å². The normalized spacial score (nSPS) is 23.5. The van der Waals surface area contributed by atoms with E-state index in [9.17, 15) is 0 Å². The van der Waals surface area contributed by atoms with Crippen LogP contribution < -0.4 is 10.2 Å². The molecule has 3 rings (SSSR count). The van der Waals surface area contributed by atoms with Crippen molar-refractivity contribution in [1.29, 1.82) is 0 Å². The number of benzene rings is 1. The first-order chi connectivity index (χ1) is 8.55. The van der Waals surface area contributed by atoms with Crippen molar-refractivity contribution in [3.05, 3.63) is 23.7 Å². The molecule has 18 heavy (non-hydrogen) atoms. The quantitative estimate of drug-likeness (QED) is 0.855. The van der Waals surface area contributed by atoms with Gasteiger partial charge in [-0.05, 0) is 39.0 Å². The second-order valence-corrected chi connectivity index (χ2v) is 6.63. The van der Waals surface area contributed by atoms with Gasteiger partial charge in [0.05, 0.1) is 15.7 Å². The molecular weight excluding hydrogens is 242 g/mol. The van der Waals surface area contributed by atoms with Crippen molar-refractivity contribution in [3.63, 3.8) is 0 Å². The summed E-state index contributed by atoms with van der Waals surface area (Å²) in [5.74, 6) is 0. The van der Waals surface area contributed by atoms with E-state index in [0.29, 0.717) is 6.04 Å². The number of hydrogen-bond donors (Lipinski definition) is 1. The molecule has 2 aromatic rings. The van der Waals surface area contributed by atoms with Crippen LogP contribution in [0.1, 0.15) is 20.8 Å². The van der Waals surface area contributed by atoms with Crippen LogP contribution in [0.2, 0.25) is 0 Å². The molecule has 1 aromatic heterocycles. The van der Waals surface area contributed by atoms with Crippen LogP contribution in [0, 0.1) is 0 Å². The third-order valence-electron chi connectivity index (χ3n) is 3.62. The minimum atomic E-state index is 0.176. The summed E-state index contributed by atoms with van der Waals surface area (Å²) in [6.45, 7) is 8.87. The first-order valence-electron chi connectivity index (χ1n) is 6.40. The Morgan fingerprint density at radius 2 is 2.28 bits per heavy atom. The van der Waals surface area contributed by atoms with Crippen LogP contribution in [0.15, 0.2) is 23.7 Å². The smallest absolute Gasteiger partial charge is 0.0813 e. The summed E-state index contributed by atoms with van der Waals surface area (Å²) in [6, 6.07) is 7.12. The molecule has 1 saturated heterocycles. The number of anilines is 1. The second kappa shape index (κ2) is 4.21. The van der Waals surface area contributed by atoms with Crippen LogP contribution in [0.5, 0.6) is 0 Å². The Hall–Kier alpha value is -1.13. The van der Waals surface area contributed by atoms with Crippen LogP contribution in [-0.4, -0.2) is 29.7 Å². The molecule has 0 bridgehead atoms. The van der Waals surface area contributed by atoms with E-state index >= 15 is 0 Å². The van der Waals surface area contributed by atoms with Crippen LogP contribution in [0.3, 0.4) is 0 Å². The lowest BCUT2D eigenvalue weighted by atomic mass is 9.98. The number of nitrogens with one attached hydrogen (secondary N) is 1. The monoisotopic (exact) mass is 261 g/mol. The molecule has 1 unspecified atom stereocenters. The molecule has 0 saturated carbocycles. The van der Waals surface area contributed by atoms with Gasteiger partial charge in [-0.15, -0.1) is 11.3 Å². The summed E-state index contributed by atoms with van der Waals surface area (Å²) in [4.78, 5) is 6.84. The minimum Gasteiger partial charge on any atom is -0.366 e. The van der Waals surface area contributed by atoms with E-state index in [1.165, 1.54) is 10.4 Å². The number of hydrogen-bond acceptors (Lipinski definition) is 4. The van der Waals surface area contributed by atoms with Gasteiger partial charge in [-0.1, -0.05) is 0 Å². The molecule has 0 radical (unpaired) electrons. The molecule has 1 aliphatic rings. The lowest BCUT2D eigenvalue weighted by Crippen LogP contribution is -2.61. The number of piperazine rings is 1. The van der Waals surface area contributed by atoms with Gasteiger partial charge in [-0.3, -0.25) is 0 Å². The van der Waals surface area contributed by atoms with Crippen LogP contribution in [0.25, 0.3) is 10.2 Å². The van der Waals surface area contributed by atoms with E-state index in [2.05, 4.69) is 54.2 Å². The van der Waals surface area contributed by atoms with Gasteiger partial charge in [0.1, 0.15) is 0 Å². The number of aromatic nitrogens is 1. The molecule has 0 spiro atoms. The van der Waals surface area contributed by atoms with Gasteiger partial charge < -0.3 is 10.2 Å². The van der Waals surface area contributed by atoms with E-state index < -0.39 is 0 Å². The van der Waals surface area contributed by atoms with Crippen molar-refractivity contribution < 1.29 is 0 Å². The molecule has 1 aromatic carbocycles. The molecule has 2 heterocycles. The standard InChI is InChI=1S/C14H19N3S/c1-10-7-16-14(2,3)8-17(10)11-4-5-12-13(6-11)18-9-15-12/h4-6,9-10,16H,7-8H2,1-3H3. The molecule has 1 fully saturated rings. The molecule has 3 nitrogen and oxygen atoms in total. The fourth-order valence-corrected chi connectivity index (χ4v) is 3.25. The average Bonchev–Trinajstić information content (AvgIpc) is 2.79. The zero-order valence-electron chi connectivity index (χ0n) is 11.1.